The van der Waals surface area contributed by atoms with Crippen LogP contribution in [0.15, 0.2) is 22.6 Å². The Labute approximate surface area is 140 Å². The van der Waals surface area contributed by atoms with Gasteiger partial charge in [-0.2, -0.15) is 0 Å². The minimum absolute atomic E-state index is 0.00478. The molecule has 3 heterocycles. The summed E-state index contributed by atoms with van der Waals surface area (Å²) in [4.78, 5) is 41.0. The molecule has 2 aromatic heterocycles. The Bertz CT molecular complexity index is 876. The highest BCUT2D eigenvalue weighted by molar-refractivity contribution is 7.15. The molecule has 2 N–H and O–H groups in total. The summed E-state index contributed by atoms with van der Waals surface area (Å²) in [5.41, 5.74) is -0.400. The van der Waals surface area contributed by atoms with Crippen LogP contribution in [0.1, 0.15) is 23.7 Å². The van der Waals surface area contributed by atoms with Crippen LogP contribution in [0.25, 0.3) is 4.96 Å². The highest BCUT2D eigenvalue weighted by Crippen LogP contribution is 2.39. The predicted octanol–water partition coefficient (Wildman–Crippen LogP) is -0.222. The van der Waals surface area contributed by atoms with E-state index in [2.05, 4.69) is 15.6 Å². The summed E-state index contributed by atoms with van der Waals surface area (Å²) in [7, 11) is 0. The predicted molar refractivity (Wildman–Crippen MR) is 86.0 cm³/mol. The van der Waals surface area contributed by atoms with Crippen LogP contribution < -0.4 is 16.2 Å². The van der Waals surface area contributed by atoms with Crippen LogP contribution in [0.2, 0.25) is 0 Å². The van der Waals surface area contributed by atoms with Crippen molar-refractivity contribution in [2.75, 3.05) is 6.61 Å². The quantitative estimate of drug-likeness (QED) is 0.798. The Hall–Kier alpha value is -2.26. The fourth-order valence-electron chi connectivity index (χ4n) is 3.52. The van der Waals surface area contributed by atoms with Gasteiger partial charge in [-0.15, -0.1) is 11.3 Å². The molecule has 126 valence electrons. The van der Waals surface area contributed by atoms with Gasteiger partial charge < -0.3 is 15.4 Å². The maximum absolute atomic E-state index is 12.5. The zero-order chi connectivity index (χ0) is 16.8. The number of fused-ring (bicyclic) bond motifs is 2. The first kappa shape index (κ1) is 15.3. The Kier molecular flexibility index (Phi) is 3.61. The van der Waals surface area contributed by atoms with Crippen molar-refractivity contribution < 1.29 is 14.3 Å². The molecule has 24 heavy (non-hydrogen) atoms. The molecule has 1 saturated carbocycles. The van der Waals surface area contributed by atoms with E-state index in [1.165, 1.54) is 28.9 Å². The molecule has 1 aliphatic heterocycles. The zero-order valence-electron chi connectivity index (χ0n) is 12.9. The number of aromatic nitrogens is 2. The Morgan fingerprint density at radius 2 is 2.21 bits per heavy atom. The molecule has 2 amide bonds. The van der Waals surface area contributed by atoms with Crippen molar-refractivity contribution in [1.29, 1.82) is 0 Å². The lowest BCUT2D eigenvalue weighted by molar-refractivity contribution is -0.123. The van der Waals surface area contributed by atoms with Crippen molar-refractivity contribution in [2.45, 2.75) is 31.5 Å². The van der Waals surface area contributed by atoms with Crippen molar-refractivity contribution in [2.24, 2.45) is 5.92 Å². The number of ether oxygens (including phenoxy) is 1. The van der Waals surface area contributed by atoms with Crippen molar-refractivity contribution in [3.63, 3.8) is 0 Å². The number of nitrogens with one attached hydrogen (secondary N) is 2. The van der Waals surface area contributed by atoms with Crippen molar-refractivity contribution in [3.05, 3.63) is 33.7 Å². The molecule has 4 atom stereocenters. The summed E-state index contributed by atoms with van der Waals surface area (Å²) in [6, 6.07) is -0.504. The van der Waals surface area contributed by atoms with Crippen LogP contribution in [0.5, 0.6) is 0 Å². The molecule has 4 rings (SSSR count). The first-order valence-corrected chi connectivity index (χ1v) is 8.58. The van der Waals surface area contributed by atoms with Gasteiger partial charge in [-0.1, -0.05) is 0 Å². The molecule has 0 radical (unpaired) electrons. The molecule has 2 aromatic rings. The summed E-state index contributed by atoms with van der Waals surface area (Å²) in [6.07, 6.45) is 3.65. The molecule has 2 aliphatic rings. The number of hydrogen-bond acceptors (Lipinski definition) is 6. The molecule has 8 nitrogen and oxygen atoms in total. The van der Waals surface area contributed by atoms with Crippen molar-refractivity contribution in [1.82, 2.24) is 20.0 Å². The Morgan fingerprint density at radius 3 is 3.00 bits per heavy atom. The third-order valence-electron chi connectivity index (χ3n) is 4.64. The first-order valence-electron chi connectivity index (χ1n) is 7.70. The number of carbonyl (C=O) groups is 2. The summed E-state index contributed by atoms with van der Waals surface area (Å²) in [6.45, 7) is 2.05. The maximum Gasteiger partial charge on any atom is 0.271 e. The number of rotatable bonds is 3. The lowest BCUT2D eigenvalue weighted by atomic mass is 9.71. The van der Waals surface area contributed by atoms with E-state index >= 15 is 0 Å². The molecule has 1 aliphatic carbocycles. The highest BCUT2D eigenvalue weighted by Gasteiger charge is 2.55. The Morgan fingerprint density at radius 1 is 1.38 bits per heavy atom. The monoisotopic (exact) mass is 348 g/mol. The molecule has 0 spiro atoms. The normalized spacial score (nSPS) is 28.2. The van der Waals surface area contributed by atoms with E-state index in [-0.39, 0.29) is 35.6 Å². The summed E-state index contributed by atoms with van der Waals surface area (Å²) in [5, 5.41) is 7.44. The van der Waals surface area contributed by atoms with Crippen LogP contribution in [-0.2, 0) is 9.53 Å². The number of nitrogens with zero attached hydrogens (tertiary/aromatic N) is 2. The largest absolute Gasteiger partial charge is 0.376 e. The molecule has 9 heteroatoms. The molecule has 0 bridgehead atoms. The zero-order valence-corrected chi connectivity index (χ0v) is 13.7. The van der Waals surface area contributed by atoms with Crippen LogP contribution >= 0.6 is 11.3 Å². The molecule has 0 unspecified atom stereocenters. The minimum Gasteiger partial charge on any atom is -0.376 e. The van der Waals surface area contributed by atoms with Crippen LogP contribution in [0, 0.1) is 5.92 Å². The van der Waals surface area contributed by atoms with E-state index in [1.807, 2.05) is 0 Å². The minimum atomic E-state index is -0.473. The number of hydrogen-bond donors (Lipinski definition) is 2. The average molecular weight is 348 g/mol. The van der Waals surface area contributed by atoms with Crippen LogP contribution in [0.4, 0.5) is 0 Å². The molecule has 1 saturated heterocycles. The number of carbonyl (C=O) groups excluding carboxylic acids is 2. The van der Waals surface area contributed by atoms with Gasteiger partial charge in [0.25, 0.3) is 11.5 Å². The first-order chi connectivity index (χ1) is 11.6. The van der Waals surface area contributed by atoms with E-state index in [0.29, 0.717) is 11.6 Å². The summed E-state index contributed by atoms with van der Waals surface area (Å²) in [5.74, 6) is -0.486. The second-order valence-electron chi connectivity index (χ2n) is 6.05. The van der Waals surface area contributed by atoms with Gasteiger partial charge in [0.2, 0.25) is 5.91 Å². The highest BCUT2D eigenvalue weighted by atomic mass is 32.1. The molecular formula is C15H16N4O4S. The number of thiazole rings is 1. The van der Waals surface area contributed by atoms with Gasteiger partial charge >= 0.3 is 0 Å². The molecule has 0 aromatic carbocycles. The van der Waals surface area contributed by atoms with E-state index < -0.39 is 11.5 Å². The van der Waals surface area contributed by atoms with Gasteiger partial charge in [0.1, 0.15) is 5.56 Å². The van der Waals surface area contributed by atoms with Gasteiger partial charge in [0, 0.05) is 37.2 Å². The average Bonchev–Trinajstić information content (AvgIpc) is 3.18. The lowest BCUT2D eigenvalue weighted by Crippen LogP contribution is -2.70. The Balaban J connectivity index is 1.57. The molecule has 2 fully saturated rings. The fraction of sp³-hybridized carbons (Fsp3) is 0.467. The molecular weight excluding hydrogens is 332 g/mol. The smallest absolute Gasteiger partial charge is 0.271 e. The van der Waals surface area contributed by atoms with E-state index in [0.717, 1.165) is 6.42 Å². The van der Waals surface area contributed by atoms with Gasteiger partial charge in [-0.05, 0) is 6.42 Å². The summed E-state index contributed by atoms with van der Waals surface area (Å²) < 4.78 is 6.97. The van der Waals surface area contributed by atoms with E-state index in [9.17, 15) is 14.4 Å². The van der Waals surface area contributed by atoms with Gasteiger partial charge in [0.05, 0.1) is 18.2 Å². The van der Waals surface area contributed by atoms with Gasteiger partial charge in [0.15, 0.2) is 4.96 Å². The second-order valence-corrected chi connectivity index (χ2v) is 6.92. The number of amides is 2. The SMILES string of the molecule is CC(=O)N[C@@H]1[C@@H](NC(=O)c2cnc3sccn3c2=O)[C@H]2CCO[C@H]21. The third-order valence-corrected chi connectivity index (χ3v) is 5.41. The van der Waals surface area contributed by atoms with Gasteiger partial charge in [-0.25, -0.2) is 4.98 Å². The second kappa shape index (κ2) is 5.67. The van der Waals surface area contributed by atoms with Crippen LogP contribution in [0.3, 0.4) is 0 Å². The third kappa shape index (κ3) is 2.31. The van der Waals surface area contributed by atoms with Crippen LogP contribution in [-0.4, -0.2) is 46.0 Å². The van der Waals surface area contributed by atoms with E-state index in [1.54, 1.807) is 11.6 Å². The standard InChI is InChI=1S/C15H16N4O4S/c1-7(20)17-11-10(8-2-4-23-12(8)11)18-13(21)9-6-16-15-19(14(9)22)3-5-24-15/h3,5-6,8,10-12H,2,4H2,1H3,(H,17,20)(H,18,21)/t8-,10+,11-,12-/m1/s1. The van der Waals surface area contributed by atoms with Crippen molar-refractivity contribution in [3.8, 4) is 0 Å². The van der Waals surface area contributed by atoms with Crippen molar-refractivity contribution >= 4 is 28.1 Å². The maximum atomic E-state index is 12.5. The summed E-state index contributed by atoms with van der Waals surface area (Å²) >= 11 is 1.33. The topological polar surface area (TPSA) is 102 Å². The van der Waals surface area contributed by atoms with E-state index in [4.69, 9.17) is 4.74 Å². The van der Waals surface area contributed by atoms with Gasteiger partial charge in [-0.3, -0.25) is 18.8 Å². The fourth-order valence-corrected chi connectivity index (χ4v) is 4.20. The lowest BCUT2D eigenvalue weighted by Gasteiger charge is -2.47.